The zero-order valence-electron chi connectivity index (χ0n) is 17.8. The zero-order valence-corrected chi connectivity index (χ0v) is 17.8. The monoisotopic (exact) mass is 412 g/mol. The van der Waals surface area contributed by atoms with Crippen LogP contribution in [0.5, 0.6) is 0 Å². The van der Waals surface area contributed by atoms with Crippen LogP contribution in [0, 0.1) is 5.92 Å². The molecule has 1 saturated carbocycles. The van der Waals surface area contributed by atoms with Gasteiger partial charge in [0.15, 0.2) is 0 Å². The molecule has 0 bridgehead atoms. The molecule has 1 saturated heterocycles. The van der Waals surface area contributed by atoms with Crippen LogP contribution in [-0.4, -0.2) is 53.8 Å². The van der Waals surface area contributed by atoms with Crippen LogP contribution in [0.25, 0.3) is 11.5 Å². The summed E-state index contributed by atoms with van der Waals surface area (Å²) < 4.78 is 10.6. The number of likely N-dealkylation sites (tertiary alicyclic amines) is 1. The fourth-order valence-electron chi connectivity index (χ4n) is 4.61. The first kappa shape index (κ1) is 21.0. The Morgan fingerprint density at radius 2 is 1.97 bits per heavy atom. The van der Waals surface area contributed by atoms with Gasteiger partial charge in [-0.15, -0.1) is 10.2 Å². The summed E-state index contributed by atoms with van der Waals surface area (Å²) in [6.07, 6.45) is 9.01. The van der Waals surface area contributed by atoms with Crippen LogP contribution in [-0.2, 0) is 11.3 Å². The number of carbonyl (C=O) groups excluding carboxylic acids is 1. The largest absolute Gasteiger partial charge is 0.418 e. The molecular weight excluding hydrogens is 380 g/mol. The summed E-state index contributed by atoms with van der Waals surface area (Å²) in [5.41, 5.74) is 1.35. The number of hydrogen-bond acceptors (Lipinski definition) is 6. The third-order valence-electron chi connectivity index (χ3n) is 6.27. The zero-order chi connectivity index (χ0) is 20.8. The Morgan fingerprint density at radius 3 is 2.73 bits per heavy atom. The molecule has 1 aromatic carbocycles. The summed E-state index contributed by atoms with van der Waals surface area (Å²) in [7, 11) is 1.58. The van der Waals surface area contributed by atoms with E-state index in [1.165, 1.54) is 38.6 Å². The van der Waals surface area contributed by atoms with Crippen molar-refractivity contribution in [1.29, 1.82) is 0 Å². The van der Waals surface area contributed by atoms with Gasteiger partial charge in [-0.25, -0.2) is 0 Å². The highest BCUT2D eigenvalue weighted by Gasteiger charge is 2.24. The van der Waals surface area contributed by atoms with E-state index in [1.54, 1.807) is 13.2 Å². The van der Waals surface area contributed by atoms with E-state index in [0.717, 1.165) is 37.4 Å². The summed E-state index contributed by atoms with van der Waals surface area (Å²) in [6, 6.07) is 7.57. The standard InChI is InChI=1S/C23H32N4O3/c1-29-16-21-25-26-23(30-21)19-9-5-8-18(14-19)22(28)24-20-10-12-27(13-11-20)15-17-6-3-2-4-7-17/h5,8-9,14,17,20H,2-4,6-7,10-13,15-16H2,1H3,(H,24,28). The molecule has 2 aromatic rings. The molecule has 30 heavy (non-hydrogen) atoms. The molecule has 2 aliphatic rings. The Kier molecular flexibility index (Phi) is 7.12. The SMILES string of the molecule is COCc1nnc(-c2cccc(C(=O)NC3CCN(CC4CCCCC4)CC3)c2)o1. The Morgan fingerprint density at radius 1 is 1.17 bits per heavy atom. The van der Waals surface area contributed by atoms with Crippen LogP contribution in [0.3, 0.4) is 0 Å². The first-order valence-electron chi connectivity index (χ1n) is 11.2. The molecule has 0 radical (unpaired) electrons. The number of nitrogens with zero attached hydrogens (tertiary/aromatic N) is 3. The maximum atomic E-state index is 12.8. The highest BCUT2D eigenvalue weighted by atomic mass is 16.5. The Hall–Kier alpha value is -2.25. The number of benzene rings is 1. The molecule has 1 aliphatic heterocycles. The van der Waals surface area contributed by atoms with Crippen LogP contribution >= 0.6 is 0 Å². The van der Waals surface area contributed by atoms with Gasteiger partial charge in [0.05, 0.1) is 0 Å². The van der Waals surface area contributed by atoms with Gasteiger partial charge in [0.2, 0.25) is 11.8 Å². The molecule has 7 heteroatoms. The fourth-order valence-corrected chi connectivity index (χ4v) is 4.61. The second kappa shape index (κ2) is 10.2. The Labute approximate surface area is 178 Å². The van der Waals surface area contributed by atoms with Crippen molar-refractivity contribution in [2.24, 2.45) is 5.92 Å². The number of hydrogen-bond donors (Lipinski definition) is 1. The van der Waals surface area contributed by atoms with Crippen molar-refractivity contribution in [3.8, 4) is 11.5 Å². The number of rotatable bonds is 7. The average Bonchev–Trinajstić information content (AvgIpc) is 3.25. The number of amides is 1. The van der Waals surface area contributed by atoms with E-state index in [9.17, 15) is 4.79 Å². The molecule has 1 aromatic heterocycles. The lowest BCUT2D eigenvalue weighted by molar-refractivity contribution is 0.0901. The number of methoxy groups -OCH3 is 1. The molecule has 0 unspecified atom stereocenters. The summed E-state index contributed by atoms with van der Waals surface area (Å²) in [4.78, 5) is 15.4. The molecule has 0 spiro atoms. The lowest BCUT2D eigenvalue weighted by Gasteiger charge is -2.35. The van der Waals surface area contributed by atoms with Crippen molar-refractivity contribution in [1.82, 2.24) is 20.4 Å². The van der Waals surface area contributed by atoms with Crippen molar-refractivity contribution < 1.29 is 13.9 Å². The molecule has 1 aliphatic carbocycles. The molecular formula is C23H32N4O3. The fraction of sp³-hybridized carbons (Fsp3) is 0.609. The van der Waals surface area contributed by atoms with Gasteiger partial charge in [0.1, 0.15) is 6.61 Å². The van der Waals surface area contributed by atoms with Crippen molar-refractivity contribution in [3.63, 3.8) is 0 Å². The van der Waals surface area contributed by atoms with Gasteiger partial charge < -0.3 is 19.4 Å². The van der Waals surface area contributed by atoms with Gasteiger partial charge in [0.25, 0.3) is 5.91 Å². The molecule has 7 nitrogen and oxygen atoms in total. The topological polar surface area (TPSA) is 80.5 Å². The van der Waals surface area contributed by atoms with Crippen molar-refractivity contribution in [2.45, 2.75) is 57.6 Å². The minimum atomic E-state index is -0.0424. The molecule has 2 fully saturated rings. The van der Waals surface area contributed by atoms with Crippen LogP contribution in [0.2, 0.25) is 0 Å². The third-order valence-corrected chi connectivity index (χ3v) is 6.27. The highest BCUT2D eigenvalue weighted by Crippen LogP contribution is 2.25. The number of carbonyl (C=O) groups is 1. The van der Waals surface area contributed by atoms with Gasteiger partial charge >= 0.3 is 0 Å². The predicted molar refractivity (Wildman–Crippen MR) is 114 cm³/mol. The summed E-state index contributed by atoms with van der Waals surface area (Å²) in [5, 5.41) is 11.2. The molecule has 1 amide bonds. The Bertz CT molecular complexity index is 823. The molecule has 1 N–H and O–H groups in total. The van der Waals surface area contributed by atoms with E-state index in [-0.39, 0.29) is 18.6 Å². The van der Waals surface area contributed by atoms with Gasteiger partial charge in [-0.05, 0) is 49.8 Å². The van der Waals surface area contributed by atoms with E-state index < -0.39 is 0 Å². The van der Waals surface area contributed by atoms with E-state index in [2.05, 4.69) is 20.4 Å². The van der Waals surface area contributed by atoms with Gasteiger partial charge in [-0.1, -0.05) is 25.3 Å². The predicted octanol–water partition coefficient (Wildman–Crippen LogP) is 3.66. The van der Waals surface area contributed by atoms with E-state index in [4.69, 9.17) is 9.15 Å². The maximum Gasteiger partial charge on any atom is 0.251 e. The number of ether oxygens (including phenoxy) is 1. The van der Waals surface area contributed by atoms with Crippen molar-refractivity contribution in [3.05, 3.63) is 35.7 Å². The smallest absolute Gasteiger partial charge is 0.251 e. The molecule has 2 heterocycles. The second-order valence-corrected chi connectivity index (χ2v) is 8.57. The van der Waals surface area contributed by atoms with Crippen molar-refractivity contribution in [2.75, 3.05) is 26.7 Å². The van der Waals surface area contributed by atoms with Crippen molar-refractivity contribution >= 4 is 5.91 Å². The van der Waals surface area contributed by atoms with Gasteiger partial charge in [-0.2, -0.15) is 0 Å². The third kappa shape index (κ3) is 5.46. The van der Waals surface area contributed by atoms with Crippen LogP contribution in [0.1, 0.15) is 61.2 Å². The van der Waals surface area contributed by atoms with E-state index in [1.807, 2.05) is 18.2 Å². The second-order valence-electron chi connectivity index (χ2n) is 8.57. The Balaban J connectivity index is 1.29. The number of nitrogens with one attached hydrogen (secondary N) is 1. The number of aromatic nitrogens is 2. The van der Waals surface area contributed by atoms with Gasteiger partial charge in [-0.3, -0.25) is 4.79 Å². The highest BCUT2D eigenvalue weighted by molar-refractivity contribution is 5.95. The van der Waals surface area contributed by atoms with Crippen LogP contribution < -0.4 is 5.32 Å². The normalized spacial score (nSPS) is 19.1. The van der Waals surface area contributed by atoms with E-state index in [0.29, 0.717) is 17.3 Å². The molecule has 4 rings (SSSR count). The average molecular weight is 413 g/mol. The lowest BCUT2D eigenvalue weighted by Crippen LogP contribution is -2.45. The summed E-state index contributed by atoms with van der Waals surface area (Å²) >= 11 is 0. The minimum Gasteiger partial charge on any atom is -0.418 e. The quantitative estimate of drug-likeness (QED) is 0.748. The van der Waals surface area contributed by atoms with Crippen LogP contribution in [0.15, 0.2) is 28.7 Å². The summed E-state index contributed by atoms with van der Waals surface area (Å²) in [6.45, 7) is 3.65. The molecule has 162 valence electrons. The number of piperidine rings is 1. The minimum absolute atomic E-state index is 0.0424. The van der Waals surface area contributed by atoms with E-state index >= 15 is 0 Å². The van der Waals surface area contributed by atoms with Crippen LogP contribution in [0.4, 0.5) is 0 Å². The summed E-state index contributed by atoms with van der Waals surface area (Å²) in [5.74, 6) is 1.65. The molecule has 0 atom stereocenters. The maximum absolute atomic E-state index is 12.8. The first-order chi connectivity index (χ1) is 14.7. The van der Waals surface area contributed by atoms with Gasteiger partial charge in [0, 0.05) is 43.9 Å². The first-order valence-corrected chi connectivity index (χ1v) is 11.2. The lowest BCUT2D eigenvalue weighted by atomic mass is 9.88.